The molecule has 0 radical (unpaired) electrons. The lowest BCUT2D eigenvalue weighted by molar-refractivity contribution is 0.584. The minimum atomic E-state index is -0.668. The maximum Gasteiger partial charge on any atom is 0.229 e. The Morgan fingerprint density at radius 1 is 1.00 bits per heavy atom. The number of aliphatic imine (C=N–C) groups is 1. The largest absolute Gasteiger partial charge is 0.364 e. The SMILES string of the molecule is Fc1cc(F)cc(Nc2nc(NCC3=NC=CC3)c3ccccc3n2)c1. The van der Waals surface area contributed by atoms with E-state index in [0.717, 1.165) is 29.1 Å². The molecule has 130 valence electrons. The van der Waals surface area contributed by atoms with Gasteiger partial charge in [-0.15, -0.1) is 0 Å². The van der Waals surface area contributed by atoms with Crippen molar-refractivity contribution in [2.24, 2.45) is 4.99 Å². The number of benzene rings is 2. The summed E-state index contributed by atoms with van der Waals surface area (Å²) >= 11 is 0. The average molecular weight is 351 g/mol. The molecule has 3 aromatic rings. The van der Waals surface area contributed by atoms with Crippen LogP contribution in [0.2, 0.25) is 0 Å². The number of allylic oxidation sites excluding steroid dienone is 1. The van der Waals surface area contributed by atoms with Crippen molar-refractivity contribution in [1.29, 1.82) is 0 Å². The minimum absolute atomic E-state index is 0.244. The molecule has 5 nitrogen and oxygen atoms in total. The van der Waals surface area contributed by atoms with Crippen LogP contribution in [0.4, 0.5) is 26.2 Å². The smallest absolute Gasteiger partial charge is 0.229 e. The number of hydrogen-bond acceptors (Lipinski definition) is 5. The molecular weight excluding hydrogens is 336 g/mol. The Balaban J connectivity index is 1.66. The molecule has 2 N–H and O–H groups in total. The van der Waals surface area contributed by atoms with Crippen LogP contribution in [0.3, 0.4) is 0 Å². The van der Waals surface area contributed by atoms with Crippen LogP contribution in [0.15, 0.2) is 59.7 Å². The Bertz CT molecular complexity index is 1010. The summed E-state index contributed by atoms with van der Waals surface area (Å²) in [5.41, 5.74) is 1.97. The van der Waals surface area contributed by atoms with Gasteiger partial charge >= 0.3 is 0 Å². The van der Waals surface area contributed by atoms with Crippen molar-refractivity contribution in [3.8, 4) is 0 Å². The number of anilines is 3. The Morgan fingerprint density at radius 3 is 2.58 bits per heavy atom. The molecule has 26 heavy (non-hydrogen) atoms. The highest BCUT2D eigenvalue weighted by molar-refractivity contribution is 5.95. The molecular formula is C19H15F2N5. The van der Waals surface area contributed by atoms with Crippen molar-refractivity contribution in [3.63, 3.8) is 0 Å². The van der Waals surface area contributed by atoms with E-state index in [0.29, 0.717) is 12.4 Å². The highest BCUT2D eigenvalue weighted by atomic mass is 19.1. The summed E-state index contributed by atoms with van der Waals surface area (Å²) in [6.07, 6.45) is 4.57. The summed E-state index contributed by atoms with van der Waals surface area (Å²) in [7, 11) is 0. The van der Waals surface area contributed by atoms with Gasteiger partial charge in [-0.2, -0.15) is 4.98 Å². The zero-order valence-corrected chi connectivity index (χ0v) is 13.7. The molecule has 2 heterocycles. The van der Waals surface area contributed by atoms with Gasteiger partial charge in [0.1, 0.15) is 17.5 Å². The zero-order valence-electron chi connectivity index (χ0n) is 13.7. The normalized spacial score (nSPS) is 13.1. The molecule has 0 spiro atoms. The van der Waals surface area contributed by atoms with Gasteiger partial charge in [-0.1, -0.05) is 18.2 Å². The topological polar surface area (TPSA) is 62.2 Å². The van der Waals surface area contributed by atoms with Gasteiger partial charge in [-0.05, 0) is 24.3 Å². The van der Waals surface area contributed by atoms with E-state index in [4.69, 9.17) is 0 Å². The maximum absolute atomic E-state index is 13.4. The number of aromatic nitrogens is 2. The van der Waals surface area contributed by atoms with Crippen LogP contribution >= 0.6 is 0 Å². The van der Waals surface area contributed by atoms with Gasteiger partial charge in [0, 0.05) is 35.5 Å². The van der Waals surface area contributed by atoms with Crippen molar-refractivity contribution in [3.05, 3.63) is 66.4 Å². The lowest BCUT2D eigenvalue weighted by Gasteiger charge is -2.12. The first kappa shape index (κ1) is 16.1. The van der Waals surface area contributed by atoms with Crippen LogP contribution in [-0.4, -0.2) is 22.2 Å². The summed E-state index contributed by atoms with van der Waals surface area (Å²) in [6, 6.07) is 10.7. The van der Waals surface area contributed by atoms with Gasteiger partial charge in [-0.3, -0.25) is 4.99 Å². The van der Waals surface area contributed by atoms with E-state index >= 15 is 0 Å². The van der Waals surface area contributed by atoms with Gasteiger partial charge in [0.15, 0.2) is 0 Å². The predicted octanol–water partition coefficient (Wildman–Crippen LogP) is 4.42. The van der Waals surface area contributed by atoms with E-state index < -0.39 is 11.6 Å². The minimum Gasteiger partial charge on any atom is -0.364 e. The number of fused-ring (bicyclic) bond motifs is 1. The summed E-state index contributed by atoms with van der Waals surface area (Å²) in [6.45, 7) is 0.558. The Hall–Kier alpha value is -3.35. The zero-order chi connectivity index (χ0) is 17.9. The average Bonchev–Trinajstić information content (AvgIpc) is 3.12. The van der Waals surface area contributed by atoms with Crippen LogP contribution in [0, 0.1) is 11.6 Å². The second kappa shape index (κ2) is 6.87. The lowest BCUT2D eigenvalue weighted by atomic mass is 10.2. The molecule has 0 saturated carbocycles. The monoisotopic (exact) mass is 351 g/mol. The molecule has 0 saturated heterocycles. The van der Waals surface area contributed by atoms with E-state index in [-0.39, 0.29) is 11.6 Å². The first-order chi connectivity index (χ1) is 12.7. The standard InChI is InChI=1S/C19H15F2N5/c20-12-8-13(21)10-15(9-12)24-19-25-17-6-2-1-5-16(17)18(26-19)23-11-14-4-3-7-22-14/h1-3,5-10H,4,11H2,(H2,23,24,25,26). The first-order valence-corrected chi connectivity index (χ1v) is 8.12. The summed E-state index contributed by atoms with van der Waals surface area (Å²) in [5.74, 6) is -0.455. The third-order valence-corrected chi connectivity index (χ3v) is 3.90. The number of hydrogen-bond donors (Lipinski definition) is 2. The number of nitrogens with one attached hydrogen (secondary N) is 2. The molecule has 1 aromatic heterocycles. The Morgan fingerprint density at radius 2 is 1.81 bits per heavy atom. The van der Waals surface area contributed by atoms with Crippen LogP contribution in [0.1, 0.15) is 6.42 Å². The van der Waals surface area contributed by atoms with E-state index in [1.54, 1.807) is 6.20 Å². The Labute approximate surface area is 148 Å². The van der Waals surface area contributed by atoms with E-state index in [1.165, 1.54) is 12.1 Å². The van der Waals surface area contributed by atoms with Crippen LogP contribution < -0.4 is 10.6 Å². The number of halogens is 2. The quantitative estimate of drug-likeness (QED) is 0.714. The molecule has 0 amide bonds. The highest BCUT2D eigenvalue weighted by Gasteiger charge is 2.10. The van der Waals surface area contributed by atoms with Crippen LogP contribution in [0.25, 0.3) is 10.9 Å². The fourth-order valence-corrected chi connectivity index (χ4v) is 2.73. The first-order valence-electron chi connectivity index (χ1n) is 8.12. The molecule has 0 bridgehead atoms. The van der Waals surface area contributed by atoms with Crippen molar-refractivity contribution >= 4 is 34.1 Å². The number of para-hydroxylation sites is 1. The molecule has 1 aliphatic rings. The van der Waals surface area contributed by atoms with Gasteiger partial charge < -0.3 is 10.6 Å². The number of nitrogens with zero attached hydrogens (tertiary/aromatic N) is 3. The second-order valence-corrected chi connectivity index (χ2v) is 5.83. The third kappa shape index (κ3) is 3.51. The van der Waals surface area contributed by atoms with E-state index in [9.17, 15) is 8.78 Å². The van der Waals surface area contributed by atoms with E-state index in [1.807, 2.05) is 30.3 Å². The summed E-state index contributed by atoms with van der Waals surface area (Å²) in [5, 5.41) is 6.99. The van der Waals surface area contributed by atoms with Gasteiger partial charge in [0.05, 0.1) is 12.1 Å². The van der Waals surface area contributed by atoms with E-state index in [2.05, 4.69) is 25.6 Å². The molecule has 0 aliphatic carbocycles. The predicted molar refractivity (Wildman–Crippen MR) is 98.9 cm³/mol. The summed E-state index contributed by atoms with van der Waals surface area (Å²) in [4.78, 5) is 13.2. The van der Waals surface area contributed by atoms with Gasteiger partial charge in [0.25, 0.3) is 0 Å². The summed E-state index contributed by atoms with van der Waals surface area (Å²) < 4.78 is 26.8. The fraction of sp³-hybridized carbons (Fsp3) is 0.105. The second-order valence-electron chi connectivity index (χ2n) is 5.83. The third-order valence-electron chi connectivity index (χ3n) is 3.90. The highest BCUT2D eigenvalue weighted by Crippen LogP contribution is 2.24. The van der Waals surface area contributed by atoms with Crippen molar-refractivity contribution in [2.75, 3.05) is 17.2 Å². The molecule has 0 fully saturated rings. The lowest BCUT2D eigenvalue weighted by Crippen LogP contribution is -2.14. The Kier molecular flexibility index (Phi) is 4.27. The van der Waals surface area contributed by atoms with Crippen molar-refractivity contribution in [2.45, 2.75) is 6.42 Å². The molecule has 4 rings (SSSR count). The molecule has 0 unspecified atom stereocenters. The fourth-order valence-electron chi connectivity index (χ4n) is 2.73. The van der Waals surface area contributed by atoms with Gasteiger partial charge in [0.2, 0.25) is 5.95 Å². The van der Waals surface area contributed by atoms with Gasteiger partial charge in [-0.25, -0.2) is 13.8 Å². The molecule has 0 atom stereocenters. The van der Waals surface area contributed by atoms with Crippen molar-refractivity contribution in [1.82, 2.24) is 9.97 Å². The molecule has 7 heteroatoms. The molecule has 2 aromatic carbocycles. The molecule has 1 aliphatic heterocycles. The van der Waals surface area contributed by atoms with Crippen molar-refractivity contribution < 1.29 is 8.78 Å². The number of rotatable bonds is 5. The maximum atomic E-state index is 13.4. The van der Waals surface area contributed by atoms with Crippen LogP contribution in [0.5, 0.6) is 0 Å². The van der Waals surface area contributed by atoms with Crippen LogP contribution in [-0.2, 0) is 0 Å².